The van der Waals surface area contributed by atoms with Crippen molar-refractivity contribution in [2.75, 3.05) is 13.1 Å². The molecule has 4 heteroatoms. The summed E-state index contributed by atoms with van der Waals surface area (Å²) in [6, 6.07) is 25.0. The Bertz CT molecular complexity index is 1140. The van der Waals surface area contributed by atoms with Gasteiger partial charge in [0.1, 0.15) is 12.4 Å². The van der Waals surface area contributed by atoms with E-state index in [4.69, 9.17) is 4.74 Å². The summed E-state index contributed by atoms with van der Waals surface area (Å²) in [4.78, 5) is 4.86. The van der Waals surface area contributed by atoms with Crippen molar-refractivity contribution < 1.29 is 4.74 Å². The fraction of sp³-hybridized carbons (Fsp3) is 0.185. The zero-order valence-electron chi connectivity index (χ0n) is 17.6. The van der Waals surface area contributed by atoms with Crippen molar-refractivity contribution in [3.05, 3.63) is 99.6 Å². The minimum atomic E-state index is 0.596. The molecule has 0 atom stereocenters. The van der Waals surface area contributed by atoms with Crippen molar-refractivity contribution in [1.82, 2.24) is 4.90 Å². The zero-order valence-corrected chi connectivity index (χ0v) is 19.2. The molecule has 0 fully saturated rings. The fourth-order valence-electron chi connectivity index (χ4n) is 3.22. The van der Waals surface area contributed by atoms with Crippen LogP contribution in [0.25, 0.3) is 10.4 Å². The molecule has 2 aromatic carbocycles. The average molecular weight is 444 g/mol. The monoisotopic (exact) mass is 443 g/mol. The summed E-state index contributed by atoms with van der Waals surface area (Å²) in [5.74, 6) is 7.45. The van der Waals surface area contributed by atoms with Gasteiger partial charge in [-0.15, -0.1) is 11.3 Å². The highest BCUT2D eigenvalue weighted by Crippen LogP contribution is 2.30. The molecule has 0 bridgehead atoms. The Morgan fingerprint density at radius 2 is 1.87 bits per heavy atom. The van der Waals surface area contributed by atoms with E-state index < -0.39 is 0 Å². The quantitative estimate of drug-likeness (QED) is 0.274. The van der Waals surface area contributed by atoms with E-state index >= 15 is 0 Å². The van der Waals surface area contributed by atoms with E-state index in [0.29, 0.717) is 6.61 Å². The Labute approximate surface area is 192 Å². The minimum absolute atomic E-state index is 0.596. The van der Waals surface area contributed by atoms with Gasteiger partial charge in [0.2, 0.25) is 0 Å². The van der Waals surface area contributed by atoms with Gasteiger partial charge in [-0.1, -0.05) is 49.1 Å². The molecule has 0 saturated carbocycles. The van der Waals surface area contributed by atoms with Crippen molar-refractivity contribution >= 4 is 22.7 Å². The van der Waals surface area contributed by atoms with Gasteiger partial charge >= 0.3 is 0 Å². The lowest BCUT2D eigenvalue weighted by Gasteiger charge is -2.18. The molecule has 0 amide bonds. The third-order valence-electron chi connectivity index (χ3n) is 4.91. The fourth-order valence-corrected chi connectivity index (χ4v) is 4.86. The molecular weight excluding hydrogens is 418 g/mol. The van der Waals surface area contributed by atoms with Gasteiger partial charge in [0, 0.05) is 27.4 Å². The predicted molar refractivity (Wildman–Crippen MR) is 133 cm³/mol. The van der Waals surface area contributed by atoms with Gasteiger partial charge in [-0.25, -0.2) is 0 Å². The summed E-state index contributed by atoms with van der Waals surface area (Å²) in [6.45, 7) is 5.33. The lowest BCUT2D eigenvalue weighted by molar-refractivity contribution is 0.303. The Morgan fingerprint density at radius 3 is 2.68 bits per heavy atom. The SMILES string of the molecule is CCN(CC#Cc1ccccc1)Cc1cccc(OCc2ccc(-c3ccsc3)s2)c1. The van der Waals surface area contributed by atoms with Gasteiger partial charge in [-0.2, -0.15) is 11.3 Å². The second-order valence-electron chi connectivity index (χ2n) is 7.19. The van der Waals surface area contributed by atoms with Gasteiger partial charge in [0.05, 0.1) is 6.54 Å². The molecule has 0 aliphatic rings. The Morgan fingerprint density at radius 1 is 0.968 bits per heavy atom. The number of rotatable bonds is 8. The molecule has 156 valence electrons. The maximum atomic E-state index is 6.08. The summed E-state index contributed by atoms with van der Waals surface area (Å²) < 4.78 is 6.08. The molecule has 0 radical (unpaired) electrons. The van der Waals surface area contributed by atoms with Gasteiger partial charge < -0.3 is 4.74 Å². The Kier molecular flexibility index (Phi) is 7.57. The lowest BCUT2D eigenvalue weighted by Crippen LogP contribution is -2.23. The van der Waals surface area contributed by atoms with Gasteiger partial charge in [-0.3, -0.25) is 4.90 Å². The number of thiophene rings is 2. The molecule has 0 saturated heterocycles. The number of nitrogens with zero attached hydrogens (tertiary/aromatic N) is 1. The number of hydrogen-bond donors (Lipinski definition) is 0. The van der Waals surface area contributed by atoms with Crippen molar-refractivity contribution in [1.29, 1.82) is 0 Å². The number of benzene rings is 2. The highest BCUT2D eigenvalue weighted by molar-refractivity contribution is 7.16. The molecule has 0 N–H and O–H groups in total. The molecule has 0 unspecified atom stereocenters. The number of ether oxygens (including phenoxy) is 1. The van der Waals surface area contributed by atoms with E-state index in [9.17, 15) is 0 Å². The molecule has 2 nitrogen and oxygen atoms in total. The Hall–Kier alpha value is -2.84. The van der Waals surface area contributed by atoms with E-state index in [2.05, 4.69) is 70.8 Å². The predicted octanol–water partition coefficient (Wildman–Crippen LogP) is 6.93. The van der Waals surface area contributed by atoms with Crippen molar-refractivity contribution in [3.63, 3.8) is 0 Å². The first-order valence-electron chi connectivity index (χ1n) is 10.4. The van der Waals surface area contributed by atoms with Crippen LogP contribution in [0.3, 0.4) is 0 Å². The maximum Gasteiger partial charge on any atom is 0.122 e. The summed E-state index contributed by atoms with van der Waals surface area (Å²) in [6.07, 6.45) is 0. The van der Waals surface area contributed by atoms with Crippen molar-refractivity contribution in [2.45, 2.75) is 20.1 Å². The second kappa shape index (κ2) is 11.0. The molecule has 31 heavy (non-hydrogen) atoms. The molecule has 0 aliphatic heterocycles. The third kappa shape index (κ3) is 6.32. The molecular formula is C27H25NOS2. The minimum Gasteiger partial charge on any atom is -0.488 e. The summed E-state index contributed by atoms with van der Waals surface area (Å²) in [7, 11) is 0. The van der Waals surface area contributed by atoms with Crippen LogP contribution >= 0.6 is 22.7 Å². The summed E-state index contributed by atoms with van der Waals surface area (Å²) in [5.41, 5.74) is 3.59. The van der Waals surface area contributed by atoms with E-state index in [1.165, 1.54) is 20.9 Å². The molecule has 4 aromatic rings. The standard InChI is InChI=1S/C27H25NOS2/c1-2-28(16-7-11-22-8-4-3-5-9-22)19-23-10-6-12-25(18-23)29-20-26-13-14-27(31-26)24-15-17-30-21-24/h3-6,8-10,12-15,17-18,21H,2,16,19-20H2,1H3. The highest BCUT2D eigenvalue weighted by atomic mass is 32.1. The van der Waals surface area contributed by atoms with Gasteiger partial charge in [0.15, 0.2) is 0 Å². The van der Waals surface area contributed by atoms with Crippen molar-refractivity contribution in [2.24, 2.45) is 0 Å². The molecule has 4 rings (SSSR count). The van der Waals surface area contributed by atoms with Gasteiger partial charge in [-0.05, 0) is 65.3 Å². The van der Waals surface area contributed by atoms with Crippen molar-refractivity contribution in [3.8, 4) is 28.0 Å². The maximum absolute atomic E-state index is 6.08. The van der Waals surface area contributed by atoms with Gasteiger partial charge in [0.25, 0.3) is 0 Å². The second-order valence-corrected chi connectivity index (χ2v) is 9.13. The van der Waals surface area contributed by atoms with E-state index in [0.717, 1.165) is 30.9 Å². The van der Waals surface area contributed by atoms with Crippen LogP contribution in [-0.2, 0) is 13.2 Å². The van der Waals surface area contributed by atoms with Crippen LogP contribution in [0, 0.1) is 11.8 Å². The number of hydrogen-bond acceptors (Lipinski definition) is 4. The first kappa shape index (κ1) is 21.4. The summed E-state index contributed by atoms with van der Waals surface area (Å²) in [5, 5.41) is 4.30. The first-order chi connectivity index (χ1) is 15.3. The molecule has 0 spiro atoms. The Balaban J connectivity index is 1.32. The van der Waals surface area contributed by atoms with E-state index in [1.807, 2.05) is 36.4 Å². The van der Waals surface area contributed by atoms with Crippen LogP contribution in [0.15, 0.2) is 83.6 Å². The normalized spacial score (nSPS) is 10.6. The smallest absolute Gasteiger partial charge is 0.122 e. The molecule has 0 aliphatic carbocycles. The average Bonchev–Trinajstić information content (AvgIpc) is 3.50. The lowest BCUT2D eigenvalue weighted by atomic mass is 10.2. The van der Waals surface area contributed by atoms with Crippen LogP contribution in [0.4, 0.5) is 0 Å². The first-order valence-corrected chi connectivity index (χ1v) is 12.2. The highest BCUT2D eigenvalue weighted by Gasteiger charge is 2.06. The van der Waals surface area contributed by atoms with Crippen LogP contribution in [0.1, 0.15) is 22.9 Å². The molecule has 2 aromatic heterocycles. The van der Waals surface area contributed by atoms with E-state index in [1.54, 1.807) is 22.7 Å². The topological polar surface area (TPSA) is 12.5 Å². The van der Waals surface area contributed by atoms with Crippen LogP contribution < -0.4 is 4.74 Å². The third-order valence-corrected chi connectivity index (χ3v) is 6.70. The van der Waals surface area contributed by atoms with E-state index in [-0.39, 0.29) is 0 Å². The van der Waals surface area contributed by atoms with Crippen LogP contribution in [0.5, 0.6) is 5.75 Å². The zero-order chi connectivity index (χ0) is 21.3. The molecule has 2 heterocycles. The largest absolute Gasteiger partial charge is 0.488 e. The van der Waals surface area contributed by atoms with Crippen LogP contribution in [0.2, 0.25) is 0 Å². The summed E-state index contributed by atoms with van der Waals surface area (Å²) >= 11 is 3.52. The van der Waals surface area contributed by atoms with Crippen LogP contribution in [-0.4, -0.2) is 18.0 Å².